The maximum atomic E-state index is 13.2. The van der Waals surface area contributed by atoms with Crippen molar-refractivity contribution in [1.29, 1.82) is 0 Å². The fraction of sp³-hybridized carbons (Fsp3) is 0.222. The van der Waals surface area contributed by atoms with Crippen LogP contribution >= 0.6 is 0 Å². The SMILES string of the molecule is FC(F)(F)c1cc(OCc2cc(C(F)(F)F)ccc2C(F)(F)F)cc(-c2c[nH]nn2)c1. The lowest BCUT2D eigenvalue weighted by molar-refractivity contribution is -0.142. The number of hydrogen-bond acceptors (Lipinski definition) is 3. The molecule has 0 aliphatic carbocycles. The van der Waals surface area contributed by atoms with E-state index in [4.69, 9.17) is 4.74 Å². The van der Waals surface area contributed by atoms with Crippen LogP contribution in [-0.4, -0.2) is 15.4 Å². The van der Waals surface area contributed by atoms with Crippen LogP contribution in [-0.2, 0) is 25.1 Å². The predicted octanol–water partition coefficient (Wildman–Crippen LogP) is 6.11. The molecule has 0 saturated carbocycles. The molecule has 2 aromatic carbocycles. The van der Waals surface area contributed by atoms with Gasteiger partial charge in [0.25, 0.3) is 0 Å². The van der Waals surface area contributed by atoms with E-state index in [1.54, 1.807) is 0 Å². The first-order valence-corrected chi connectivity index (χ1v) is 8.24. The molecule has 166 valence electrons. The second kappa shape index (κ2) is 7.78. The zero-order valence-corrected chi connectivity index (χ0v) is 15.0. The highest BCUT2D eigenvalue weighted by atomic mass is 19.4. The summed E-state index contributed by atoms with van der Waals surface area (Å²) in [6, 6.07) is 3.04. The van der Waals surface area contributed by atoms with Crippen LogP contribution in [0.5, 0.6) is 5.75 Å². The lowest BCUT2D eigenvalue weighted by Crippen LogP contribution is -2.14. The fourth-order valence-electron chi connectivity index (χ4n) is 2.66. The smallest absolute Gasteiger partial charge is 0.416 e. The van der Waals surface area contributed by atoms with Crippen molar-refractivity contribution in [3.05, 3.63) is 64.8 Å². The van der Waals surface area contributed by atoms with E-state index in [1.807, 2.05) is 0 Å². The van der Waals surface area contributed by atoms with Gasteiger partial charge in [-0.3, -0.25) is 5.10 Å². The molecule has 13 heteroatoms. The van der Waals surface area contributed by atoms with Gasteiger partial charge in [0.2, 0.25) is 0 Å². The van der Waals surface area contributed by atoms with E-state index >= 15 is 0 Å². The molecule has 0 radical (unpaired) electrons. The van der Waals surface area contributed by atoms with E-state index in [2.05, 4.69) is 15.4 Å². The van der Waals surface area contributed by atoms with Crippen molar-refractivity contribution >= 4 is 0 Å². The van der Waals surface area contributed by atoms with Crippen LogP contribution in [0.15, 0.2) is 42.6 Å². The number of alkyl halides is 9. The molecule has 0 aliphatic rings. The Hall–Kier alpha value is -3.25. The Labute approximate surface area is 167 Å². The van der Waals surface area contributed by atoms with Crippen molar-refractivity contribution in [3.8, 4) is 17.0 Å². The molecule has 31 heavy (non-hydrogen) atoms. The molecule has 0 spiro atoms. The van der Waals surface area contributed by atoms with E-state index in [0.29, 0.717) is 6.07 Å². The van der Waals surface area contributed by atoms with Crippen molar-refractivity contribution in [2.45, 2.75) is 25.1 Å². The standard InChI is InChI=1S/C18H10F9N3O/c19-16(20,21)11-1-2-14(18(25,26)27)10(4-11)8-31-13-5-9(15-7-28-30-29-15)3-12(6-13)17(22,23)24/h1-7H,8H2,(H,28,29,30). The molecule has 0 bridgehead atoms. The van der Waals surface area contributed by atoms with Crippen LogP contribution in [0.3, 0.4) is 0 Å². The highest BCUT2D eigenvalue weighted by Crippen LogP contribution is 2.38. The number of nitrogens with zero attached hydrogens (tertiary/aromatic N) is 2. The summed E-state index contributed by atoms with van der Waals surface area (Å²) in [6.07, 6.45) is -13.6. The van der Waals surface area contributed by atoms with E-state index in [-0.39, 0.29) is 29.5 Å². The van der Waals surface area contributed by atoms with Crippen LogP contribution in [0.4, 0.5) is 39.5 Å². The Balaban J connectivity index is 1.99. The number of benzene rings is 2. The zero-order chi connectivity index (χ0) is 23.0. The number of hydrogen-bond donors (Lipinski definition) is 1. The van der Waals surface area contributed by atoms with Crippen molar-refractivity contribution in [2.24, 2.45) is 0 Å². The van der Waals surface area contributed by atoms with Gasteiger partial charge in [0, 0.05) is 17.3 Å². The molecule has 0 atom stereocenters. The minimum atomic E-state index is -5.00. The average Bonchev–Trinajstić information content (AvgIpc) is 3.18. The molecule has 0 saturated heterocycles. The summed E-state index contributed by atoms with van der Waals surface area (Å²) in [4.78, 5) is 0. The minimum Gasteiger partial charge on any atom is -0.489 e. The lowest BCUT2D eigenvalue weighted by atomic mass is 10.0. The van der Waals surface area contributed by atoms with Gasteiger partial charge in [-0.2, -0.15) is 39.5 Å². The summed E-state index contributed by atoms with van der Waals surface area (Å²) in [5.41, 5.74) is -4.95. The highest BCUT2D eigenvalue weighted by molar-refractivity contribution is 5.61. The average molecular weight is 455 g/mol. The van der Waals surface area contributed by atoms with Gasteiger partial charge in [-0.25, -0.2) is 0 Å². The van der Waals surface area contributed by atoms with E-state index < -0.39 is 53.1 Å². The van der Waals surface area contributed by atoms with Crippen molar-refractivity contribution in [3.63, 3.8) is 0 Å². The topological polar surface area (TPSA) is 50.8 Å². The van der Waals surface area contributed by atoms with E-state index in [9.17, 15) is 39.5 Å². The zero-order valence-electron chi connectivity index (χ0n) is 15.0. The number of aromatic amines is 1. The molecule has 0 fully saturated rings. The number of nitrogens with one attached hydrogen (secondary N) is 1. The Morgan fingerprint density at radius 3 is 2.00 bits per heavy atom. The molecule has 4 nitrogen and oxygen atoms in total. The highest BCUT2D eigenvalue weighted by Gasteiger charge is 2.37. The van der Waals surface area contributed by atoms with Crippen molar-refractivity contribution in [1.82, 2.24) is 15.4 Å². The third-order valence-electron chi connectivity index (χ3n) is 4.08. The number of halogens is 9. The quantitative estimate of drug-likeness (QED) is 0.484. The minimum absolute atomic E-state index is 0.00833. The van der Waals surface area contributed by atoms with Gasteiger partial charge in [0.1, 0.15) is 18.1 Å². The van der Waals surface area contributed by atoms with Crippen LogP contribution < -0.4 is 4.74 Å². The normalized spacial score (nSPS) is 12.8. The third-order valence-corrected chi connectivity index (χ3v) is 4.08. The number of rotatable bonds is 4. The predicted molar refractivity (Wildman–Crippen MR) is 87.6 cm³/mol. The molecule has 3 rings (SSSR count). The molecule has 1 aromatic heterocycles. The van der Waals surface area contributed by atoms with Crippen LogP contribution in [0.1, 0.15) is 22.3 Å². The molecule has 0 aliphatic heterocycles. The Morgan fingerprint density at radius 1 is 0.774 bits per heavy atom. The maximum absolute atomic E-state index is 13.2. The fourth-order valence-corrected chi connectivity index (χ4v) is 2.66. The Bertz CT molecular complexity index is 1050. The molecule has 1 heterocycles. The summed E-state index contributed by atoms with van der Waals surface area (Å²) in [5.74, 6) is -0.515. The summed E-state index contributed by atoms with van der Waals surface area (Å²) in [7, 11) is 0. The van der Waals surface area contributed by atoms with Gasteiger partial charge >= 0.3 is 18.5 Å². The lowest BCUT2D eigenvalue weighted by Gasteiger charge is -2.17. The molecular formula is C18H10F9N3O. The number of ether oxygens (including phenoxy) is 1. The number of H-pyrrole nitrogens is 1. The summed E-state index contributed by atoms with van der Waals surface area (Å²) >= 11 is 0. The Morgan fingerprint density at radius 2 is 1.45 bits per heavy atom. The maximum Gasteiger partial charge on any atom is 0.416 e. The van der Waals surface area contributed by atoms with Crippen LogP contribution in [0.25, 0.3) is 11.3 Å². The third kappa shape index (κ3) is 5.27. The van der Waals surface area contributed by atoms with E-state index in [1.165, 1.54) is 6.20 Å². The number of aromatic nitrogens is 3. The molecular weight excluding hydrogens is 445 g/mol. The van der Waals surface area contributed by atoms with Gasteiger partial charge < -0.3 is 4.74 Å². The van der Waals surface area contributed by atoms with Crippen LogP contribution in [0, 0.1) is 0 Å². The van der Waals surface area contributed by atoms with Gasteiger partial charge in [-0.1, -0.05) is 5.21 Å². The summed E-state index contributed by atoms with van der Waals surface area (Å²) in [5, 5.41) is 9.20. The second-order valence-electron chi connectivity index (χ2n) is 6.26. The first-order valence-electron chi connectivity index (χ1n) is 8.24. The molecule has 0 unspecified atom stereocenters. The second-order valence-corrected chi connectivity index (χ2v) is 6.26. The monoisotopic (exact) mass is 455 g/mol. The van der Waals surface area contributed by atoms with Gasteiger partial charge in [-0.15, -0.1) is 5.10 Å². The Kier molecular flexibility index (Phi) is 5.63. The molecule has 1 N–H and O–H groups in total. The van der Waals surface area contributed by atoms with E-state index in [0.717, 1.165) is 12.1 Å². The first-order chi connectivity index (χ1) is 14.2. The summed E-state index contributed by atoms with van der Waals surface area (Å²) < 4.78 is 123. The summed E-state index contributed by atoms with van der Waals surface area (Å²) in [6.45, 7) is -1.06. The van der Waals surface area contributed by atoms with Gasteiger partial charge in [0.05, 0.1) is 16.7 Å². The molecule has 3 aromatic rings. The first kappa shape index (κ1) is 22.4. The molecule has 0 amide bonds. The van der Waals surface area contributed by atoms with Crippen molar-refractivity contribution in [2.75, 3.05) is 0 Å². The van der Waals surface area contributed by atoms with Gasteiger partial charge in [-0.05, 0) is 36.4 Å². The van der Waals surface area contributed by atoms with Crippen molar-refractivity contribution < 1.29 is 44.3 Å². The van der Waals surface area contributed by atoms with Gasteiger partial charge in [0.15, 0.2) is 0 Å². The van der Waals surface area contributed by atoms with Crippen LogP contribution in [0.2, 0.25) is 0 Å². The largest absolute Gasteiger partial charge is 0.489 e.